The summed E-state index contributed by atoms with van der Waals surface area (Å²) in [6.45, 7) is 6.86. The maximum atomic E-state index is 14.7. The summed E-state index contributed by atoms with van der Waals surface area (Å²) in [4.78, 5) is 26.7. The molecule has 3 aliphatic rings. The van der Waals surface area contributed by atoms with Crippen molar-refractivity contribution in [2.75, 3.05) is 50.8 Å². The average molecular weight is 458 g/mol. The van der Waals surface area contributed by atoms with Crippen LogP contribution in [-0.4, -0.2) is 77.8 Å². The fourth-order valence-electron chi connectivity index (χ4n) is 5.64. The van der Waals surface area contributed by atoms with Crippen molar-refractivity contribution in [1.29, 1.82) is 0 Å². The second-order valence-electron chi connectivity index (χ2n) is 9.30. The van der Waals surface area contributed by atoms with Gasteiger partial charge in [0.05, 0.1) is 12.2 Å². The fraction of sp³-hybridized carbons (Fsp3) is 0.542. The van der Waals surface area contributed by atoms with E-state index < -0.39 is 11.6 Å². The standard InChI is InChI=1S/C24H29F2N5O2/c1-2-33-23(32)31-15-24(16-31)7-5-17(14-24)29-10-12-30(13-11-29)22-20(18(25)6-9-28-22)21-19(26)4-3-8-27-21/h3-4,6,8-9,17H,2,5,7,10-16H2,1H3/t17-/m1/s1. The second-order valence-corrected chi connectivity index (χ2v) is 9.30. The number of anilines is 1. The van der Waals surface area contributed by atoms with Crippen LogP contribution in [0.4, 0.5) is 19.4 Å². The Hall–Kier alpha value is -2.81. The van der Waals surface area contributed by atoms with Gasteiger partial charge in [0.2, 0.25) is 0 Å². The van der Waals surface area contributed by atoms with Crippen LogP contribution in [0.3, 0.4) is 0 Å². The van der Waals surface area contributed by atoms with E-state index in [4.69, 9.17) is 4.74 Å². The lowest BCUT2D eigenvalue weighted by atomic mass is 9.78. The minimum atomic E-state index is -0.557. The van der Waals surface area contributed by atoms with Gasteiger partial charge in [-0.25, -0.2) is 18.6 Å². The molecule has 176 valence electrons. The number of aromatic nitrogens is 2. The third-order valence-electron chi connectivity index (χ3n) is 7.26. The smallest absolute Gasteiger partial charge is 0.409 e. The summed E-state index contributed by atoms with van der Waals surface area (Å²) < 4.78 is 34.2. The molecule has 1 amide bonds. The summed E-state index contributed by atoms with van der Waals surface area (Å²) in [5.74, 6) is -0.633. The lowest BCUT2D eigenvalue weighted by Crippen LogP contribution is -2.58. The molecule has 2 aromatic rings. The summed E-state index contributed by atoms with van der Waals surface area (Å²) in [7, 11) is 0. The van der Waals surface area contributed by atoms with Crippen LogP contribution in [0.1, 0.15) is 26.2 Å². The number of carbonyl (C=O) groups excluding carboxylic acids is 1. The predicted molar refractivity (Wildman–Crippen MR) is 120 cm³/mol. The zero-order chi connectivity index (χ0) is 23.0. The number of halogens is 2. The van der Waals surface area contributed by atoms with Gasteiger partial charge in [0, 0.05) is 63.1 Å². The number of likely N-dealkylation sites (tertiary alicyclic amines) is 1. The predicted octanol–water partition coefficient (Wildman–Crippen LogP) is 3.55. The third-order valence-corrected chi connectivity index (χ3v) is 7.26. The van der Waals surface area contributed by atoms with Crippen LogP contribution in [0.15, 0.2) is 30.6 Å². The van der Waals surface area contributed by atoms with Crippen molar-refractivity contribution in [3.05, 3.63) is 42.2 Å². The van der Waals surface area contributed by atoms with E-state index in [-0.39, 0.29) is 22.8 Å². The molecule has 0 N–H and O–H groups in total. The van der Waals surface area contributed by atoms with Crippen molar-refractivity contribution in [3.8, 4) is 11.3 Å². The molecule has 7 nitrogen and oxygen atoms in total. The fourth-order valence-corrected chi connectivity index (χ4v) is 5.64. The molecule has 0 aromatic carbocycles. The van der Waals surface area contributed by atoms with Gasteiger partial charge < -0.3 is 14.5 Å². The molecule has 2 aromatic heterocycles. The monoisotopic (exact) mass is 457 g/mol. The molecule has 0 radical (unpaired) electrons. The van der Waals surface area contributed by atoms with Gasteiger partial charge in [0.1, 0.15) is 23.1 Å². The Morgan fingerprint density at radius 3 is 2.64 bits per heavy atom. The molecule has 0 bridgehead atoms. The Balaban J connectivity index is 1.22. The summed E-state index contributed by atoms with van der Waals surface area (Å²) in [6.07, 6.45) is 6.02. The molecule has 9 heteroatoms. The van der Waals surface area contributed by atoms with Gasteiger partial charge in [-0.1, -0.05) is 0 Å². The third kappa shape index (κ3) is 4.14. The molecule has 5 rings (SSSR count). The molecular weight excluding hydrogens is 428 g/mol. The van der Waals surface area contributed by atoms with E-state index in [2.05, 4.69) is 14.9 Å². The number of hydrogen-bond acceptors (Lipinski definition) is 6. The summed E-state index contributed by atoms with van der Waals surface area (Å²) >= 11 is 0. The van der Waals surface area contributed by atoms with Gasteiger partial charge >= 0.3 is 6.09 Å². The molecule has 0 unspecified atom stereocenters. The quantitative estimate of drug-likeness (QED) is 0.700. The Morgan fingerprint density at radius 2 is 1.91 bits per heavy atom. The van der Waals surface area contributed by atoms with Crippen molar-refractivity contribution in [1.82, 2.24) is 19.8 Å². The molecule has 4 heterocycles. The molecule has 1 saturated carbocycles. The van der Waals surface area contributed by atoms with E-state index in [0.29, 0.717) is 31.6 Å². The Bertz CT molecular complexity index is 1020. The van der Waals surface area contributed by atoms with Crippen molar-refractivity contribution >= 4 is 11.9 Å². The van der Waals surface area contributed by atoms with Crippen LogP contribution >= 0.6 is 0 Å². The summed E-state index contributed by atoms with van der Waals surface area (Å²) in [5, 5.41) is 0. The first-order chi connectivity index (χ1) is 16.0. The van der Waals surface area contributed by atoms with Crippen LogP contribution in [0, 0.1) is 17.0 Å². The normalized spacial score (nSPS) is 22.5. The minimum Gasteiger partial charge on any atom is -0.450 e. The van der Waals surface area contributed by atoms with Gasteiger partial charge in [0.15, 0.2) is 0 Å². The maximum Gasteiger partial charge on any atom is 0.409 e. The first-order valence-electron chi connectivity index (χ1n) is 11.7. The van der Waals surface area contributed by atoms with Gasteiger partial charge in [-0.05, 0) is 44.4 Å². The lowest BCUT2D eigenvalue weighted by Gasteiger charge is -2.48. The Morgan fingerprint density at radius 1 is 1.12 bits per heavy atom. The van der Waals surface area contributed by atoms with Gasteiger partial charge in [-0.2, -0.15) is 0 Å². The number of hydrogen-bond donors (Lipinski definition) is 0. The molecule has 1 spiro atoms. The number of carbonyl (C=O) groups is 1. The van der Waals surface area contributed by atoms with Gasteiger partial charge in [-0.15, -0.1) is 0 Å². The number of amides is 1. The molecular formula is C24H29F2N5O2. The molecule has 2 aliphatic heterocycles. The summed E-state index contributed by atoms with van der Waals surface area (Å²) in [5.41, 5.74) is 0.342. The first-order valence-corrected chi connectivity index (χ1v) is 11.7. The Labute approximate surface area is 192 Å². The number of nitrogens with zero attached hydrogens (tertiary/aromatic N) is 5. The molecule has 1 aliphatic carbocycles. The first kappa shape index (κ1) is 22.0. The number of pyridine rings is 2. The minimum absolute atomic E-state index is 0.00518. The molecule has 1 atom stereocenters. The van der Waals surface area contributed by atoms with Crippen LogP contribution in [0.2, 0.25) is 0 Å². The highest BCUT2D eigenvalue weighted by Crippen LogP contribution is 2.47. The number of ether oxygens (including phenoxy) is 1. The van der Waals surface area contributed by atoms with E-state index in [1.807, 2.05) is 11.8 Å². The van der Waals surface area contributed by atoms with Crippen molar-refractivity contribution < 1.29 is 18.3 Å². The number of rotatable bonds is 4. The molecule has 2 saturated heterocycles. The highest BCUT2D eigenvalue weighted by Gasteiger charge is 2.51. The van der Waals surface area contributed by atoms with E-state index in [1.165, 1.54) is 30.6 Å². The molecule has 33 heavy (non-hydrogen) atoms. The SMILES string of the molecule is CCOC(=O)N1CC2(CC[C@@H](N3CCN(c4nccc(F)c4-c4ncccc4F)CC3)C2)C1. The summed E-state index contributed by atoms with van der Waals surface area (Å²) in [6, 6.07) is 4.52. The van der Waals surface area contributed by atoms with Gasteiger partial charge in [-0.3, -0.25) is 9.88 Å². The highest BCUT2D eigenvalue weighted by atomic mass is 19.1. The second kappa shape index (κ2) is 8.85. The highest BCUT2D eigenvalue weighted by molar-refractivity contribution is 5.74. The average Bonchev–Trinajstić information content (AvgIpc) is 3.25. The van der Waals surface area contributed by atoms with Crippen molar-refractivity contribution in [2.45, 2.75) is 32.2 Å². The largest absolute Gasteiger partial charge is 0.450 e. The van der Waals surface area contributed by atoms with Crippen LogP contribution in [0.25, 0.3) is 11.3 Å². The lowest BCUT2D eigenvalue weighted by molar-refractivity contribution is -0.00294. The molecule has 3 fully saturated rings. The van der Waals surface area contributed by atoms with Crippen LogP contribution in [-0.2, 0) is 4.74 Å². The topological polar surface area (TPSA) is 61.8 Å². The van der Waals surface area contributed by atoms with Crippen molar-refractivity contribution in [2.24, 2.45) is 5.41 Å². The van der Waals surface area contributed by atoms with Crippen LogP contribution in [0.5, 0.6) is 0 Å². The zero-order valence-corrected chi connectivity index (χ0v) is 18.8. The van der Waals surface area contributed by atoms with Gasteiger partial charge in [0.25, 0.3) is 0 Å². The van der Waals surface area contributed by atoms with Crippen LogP contribution < -0.4 is 4.90 Å². The van der Waals surface area contributed by atoms with E-state index in [1.54, 1.807) is 4.90 Å². The van der Waals surface area contributed by atoms with E-state index in [9.17, 15) is 13.6 Å². The van der Waals surface area contributed by atoms with E-state index in [0.717, 1.165) is 45.4 Å². The van der Waals surface area contributed by atoms with Crippen molar-refractivity contribution in [3.63, 3.8) is 0 Å². The number of piperazine rings is 1. The Kier molecular flexibility index (Phi) is 5.90. The van der Waals surface area contributed by atoms with E-state index >= 15 is 0 Å². The zero-order valence-electron chi connectivity index (χ0n) is 18.8. The maximum absolute atomic E-state index is 14.7.